The van der Waals surface area contributed by atoms with E-state index in [0.717, 1.165) is 27.6 Å². The lowest BCUT2D eigenvalue weighted by molar-refractivity contribution is 0.664. The molecule has 0 N–H and O–H groups in total. The molecule has 0 saturated heterocycles. The van der Waals surface area contributed by atoms with Gasteiger partial charge in [-0.2, -0.15) is 0 Å². The van der Waals surface area contributed by atoms with Gasteiger partial charge in [0.1, 0.15) is 5.52 Å². The third-order valence-electron chi connectivity index (χ3n) is 3.27. The highest BCUT2D eigenvalue weighted by molar-refractivity contribution is 5.79. The fourth-order valence-electron chi connectivity index (χ4n) is 2.31. The molecule has 0 aliphatic rings. The molecule has 0 unspecified atom stereocenters. The molecule has 0 atom stereocenters. The summed E-state index contributed by atoms with van der Waals surface area (Å²) in [4.78, 5) is 8.65. The molecule has 0 amide bonds. The maximum atomic E-state index is 4.33. The Morgan fingerprint density at radius 1 is 0.900 bits per heavy atom. The third kappa shape index (κ3) is 1.80. The minimum absolute atomic E-state index is 0.651. The number of fused-ring (bicyclic) bond motifs is 2. The number of rotatable bonds is 2. The van der Waals surface area contributed by atoms with Gasteiger partial charge in [0.15, 0.2) is 5.65 Å². The Morgan fingerprint density at radius 3 is 2.80 bits per heavy atom. The Hall–Kier alpha value is -2.82. The number of pyridine rings is 2. The standard InChI is InChI=1S/C15H11N5/c1-3-12-9-11(5-6-13(12)16-7-1)10-20-15-14(18-19-20)4-2-8-17-15/h1-9H,10H2. The Labute approximate surface area is 114 Å². The number of hydrogen-bond acceptors (Lipinski definition) is 4. The summed E-state index contributed by atoms with van der Waals surface area (Å²) in [6.07, 6.45) is 3.56. The molecular formula is C15H11N5. The van der Waals surface area contributed by atoms with E-state index in [1.54, 1.807) is 12.4 Å². The molecule has 0 aliphatic carbocycles. The normalized spacial score (nSPS) is 11.2. The molecule has 0 spiro atoms. The topological polar surface area (TPSA) is 56.5 Å². The molecule has 0 saturated carbocycles. The second kappa shape index (κ2) is 4.38. The summed E-state index contributed by atoms with van der Waals surface area (Å²) in [6.45, 7) is 0.651. The summed E-state index contributed by atoms with van der Waals surface area (Å²) in [5.74, 6) is 0. The monoisotopic (exact) mass is 261 g/mol. The van der Waals surface area contributed by atoms with E-state index in [1.165, 1.54) is 0 Å². The van der Waals surface area contributed by atoms with Gasteiger partial charge in [0.05, 0.1) is 12.1 Å². The Bertz CT molecular complexity index is 897. The average Bonchev–Trinajstić information content (AvgIpc) is 2.91. The first-order valence-corrected chi connectivity index (χ1v) is 6.38. The molecule has 20 heavy (non-hydrogen) atoms. The van der Waals surface area contributed by atoms with Crippen LogP contribution in [0.5, 0.6) is 0 Å². The first kappa shape index (κ1) is 11.0. The van der Waals surface area contributed by atoms with Crippen molar-refractivity contribution in [3.8, 4) is 0 Å². The van der Waals surface area contributed by atoms with E-state index in [4.69, 9.17) is 0 Å². The van der Waals surface area contributed by atoms with Gasteiger partial charge in [-0.3, -0.25) is 4.98 Å². The van der Waals surface area contributed by atoms with Gasteiger partial charge in [-0.15, -0.1) is 5.10 Å². The Kier molecular flexibility index (Phi) is 2.42. The molecule has 3 aromatic heterocycles. The second-order valence-electron chi connectivity index (χ2n) is 4.62. The van der Waals surface area contributed by atoms with E-state index in [0.29, 0.717) is 6.54 Å². The predicted octanol–water partition coefficient (Wildman–Crippen LogP) is 2.42. The molecule has 0 radical (unpaired) electrons. The van der Waals surface area contributed by atoms with Crippen molar-refractivity contribution in [3.63, 3.8) is 0 Å². The van der Waals surface area contributed by atoms with Crippen LogP contribution in [-0.4, -0.2) is 25.0 Å². The fraction of sp³-hybridized carbons (Fsp3) is 0.0667. The van der Waals surface area contributed by atoms with Crippen molar-refractivity contribution >= 4 is 22.1 Å². The highest BCUT2D eigenvalue weighted by atomic mass is 15.4. The van der Waals surface area contributed by atoms with Crippen LogP contribution in [0.25, 0.3) is 22.1 Å². The van der Waals surface area contributed by atoms with Gasteiger partial charge < -0.3 is 0 Å². The molecule has 4 rings (SSSR count). The molecule has 96 valence electrons. The van der Waals surface area contributed by atoms with Crippen LogP contribution in [0.15, 0.2) is 54.9 Å². The van der Waals surface area contributed by atoms with Gasteiger partial charge in [-0.25, -0.2) is 9.67 Å². The molecule has 0 bridgehead atoms. The van der Waals surface area contributed by atoms with E-state index in [9.17, 15) is 0 Å². The maximum absolute atomic E-state index is 4.33. The molecule has 5 nitrogen and oxygen atoms in total. The first-order valence-electron chi connectivity index (χ1n) is 6.38. The summed E-state index contributed by atoms with van der Waals surface area (Å²) >= 11 is 0. The second-order valence-corrected chi connectivity index (χ2v) is 4.62. The molecule has 5 heteroatoms. The van der Waals surface area contributed by atoms with Gasteiger partial charge in [-0.05, 0) is 35.9 Å². The van der Waals surface area contributed by atoms with Crippen LogP contribution in [0, 0.1) is 0 Å². The van der Waals surface area contributed by atoms with Crippen LogP contribution in [-0.2, 0) is 6.54 Å². The largest absolute Gasteiger partial charge is 0.256 e. The molecular weight excluding hydrogens is 250 g/mol. The van der Waals surface area contributed by atoms with Gasteiger partial charge in [0, 0.05) is 17.8 Å². The van der Waals surface area contributed by atoms with Crippen molar-refractivity contribution in [1.29, 1.82) is 0 Å². The lowest BCUT2D eigenvalue weighted by atomic mass is 10.1. The maximum Gasteiger partial charge on any atom is 0.178 e. The number of nitrogens with zero attached hydrogens (tertiary/aromatic N) is 5. The highest BCUT2D eigenvalue weighted by Gasteiger charge is 2.06. The zero-order valence-electron chi connectivity index (χ0n) is 10.6. The van der Waals surface area contributed by atoms with Crippen molar-refractivity contribution < 1.29 is 0 Å². The number of benzene rings is 1. The van der Waals surface area contributed by atoms with Crippen LogP contribution < -0.4 is 0 Å². The highest BCUT2D eigenvalue weighted by Crippen LogP contribution is 2.15. The quantitative estimate of drug-likeness (QED) is 0.556. The smallest absolute Gasteiger partial charge is 0.178 e. The lowest BCUT2D eigenvalue weighted by Gasteiger charge is -2.03. The average molecular weight is 261 g/mol. The van der Waals surface area contributed by atoms with E-state index < -0.39 is 0 Å². The third-order valence-corrected chi connectivity index (χ3v) is 3.27. The molecule has 1 aromatic carbocycles. The van der Waals surface area contributed by atoms with Crippen molar-refractivity contribution in [2.24, 2.45) is 0 Å². The summed E-state index contributed by atoms with van der Waals surface area (Å²) in [5, 5.41) is 9.40. The van der Waals surface area contributed by atoms with Crippen molar-refractivity contribution in [2.75, 3.05) is 0 Å². The van der Waals surface area contributed by atoms with Gasteiger partial charge in [-0.1, -0.05) is 17.3 Å². The first-order chi connectivity index (χ1) is 9.90. The SMILES string of the molecule is c1cnc2ccc(Cn3nnc4cccnc43)cc2c1. The van der Waals surface area contributed by atoms with Crippen molar-refractivity contribution in [1.82, 2.24) is 25.0 Å². The summed E-state index contributed by atoms with van der Waals surface area (Å²) in [7, 11) is 0. The molecule has 0 aliphatic heterocycles. The van der Waals surface area contributed by atoms with Crippen LogP contribution in [0.1, 0.15) is 5.56 Å². The number of hydrogen-bond donors (Lipinski definition) is 0. The summed E-state index contributed by atoms with van der Waals surface area (Å²) < 4.78 is 1.81. The van der Waals surface area contributed by atoms with E-state index in [-0.39, 0.29) is 0 Å². The van der Waals surface area contributed by atoms with Gasteiger partial charge in [0.25, 0.3) is 0 Å². The van der Waals surface area contributed by atoms with E-state index in [1.807, 2.05) is 28.9 Å². The minimum Gasteiger partial charge on any atom is -0.256 e. The van der Waals surface area contributed by atoms with Crippen LogP contribution in [0.3, 0.4) is 0 Å². The van der Waals surface area contributed by atoms with E-state index in [2.05, 4.69) is 38.5 Å². The summed E-state index contributed by atoms with van der Waals surface area (Å²) in [5.41, 5.74) is 3.77. The minimum atomic E-state index is 0.651. The molecule has 4 aromatic rings. The molecule has 3 heterocycles. The lowest BCUT2D eigenvalue weighted by Crippen LogP contribution is -2.02. The van der Waals surface area contributed by atoms with Crippen molar-refractivity contribution in [2.45, 2.75) is 6.54 Å². The van der Waals surface area contributed by atoms with Crippen LogP contribution in [0.2, 0.25) is 0 Å². The predicted molar refractivity (Wildman–Crippen MR) is 76.2 cm³/mol. The Balaban J connectivity index is 1.76. The fourth-order valence-corrected chi connectivity index (χ4v) is 2.31. The summed E-state index contributed by atoms with van der Waals surface area (Å²) in [6, 6.07) is 14.0. The Morgan fingerprint density at radius 2 is 1.80 bits per heavy atom. The van der Waals surface area contributed by atoms with Gasteiger partial charge in [0.2, 0.25) is 0 Å². The van der Waals surface area contributed by atoms with Gasteiger partial charge >= 0.3 is 0 Å². The zero-order valence-corrected chi connectivity index (χ0v) is 10.6. The van der Waals surface area contributed by atoms with E-state index >= 15 is 0 Å². The van der Waals surface area contributed by atoms with Crippen LogP contribution in [0.4, 0.5) is 0 Å². The zero-order chi connectivity index (χ0) is 13.4. The van der Waals surface area contributed by atoms with Crippen molar-refractivity contribution in [3.05, 3.63) is 60.4 Å². The number of aromatic nitrogens is 5. The molecule has 0 fully saturated rings. The van der Waals surface area contributed by atoms with Crippen LogP contribution >= 0.6 is 0 Å².